The van der Waals surface area contributed by atoms with Crippen LogP contribution in [0, 0.1) is 0 Å². The van der Waals surface area contributed by atoms with Gasteiger partial charge in [-0.05, 0) is 18.2 Å². The van der Waals surface area contributed by atoms with Crippen molar-refractivity contribution in [2.45, 2.75) is 0 Å². The Balaban J connectivity index is 2.65. The maximum Gasteiger partial charge on any atom is 0.317 e. The summed E-state index contributed by atoms with van der Waals surface area (Å²) in [5.41, 5.74) is 0.480. The molecule has 0 aliphatic rings. The smallest absolute Gasteiger partial charge is 0.317 e. The van der Waals surface area contributed by atoms with Gasteiger partial charge in [-0.15, -0.1) is 6.58 Å². The largest absolute Gasteiger partial charge is 0.480 e. The van der Waals surface area contributed by atoms with E-state index in [4.69, 9.17) is 16.7 Å². The summed E-state index contributed by atoms with van der Waals surface area (Å²) >= 11 is 9.26. The normalized spacial score (nSPS) is 10.3. The summed E-state index contributed by atoms with van der Waals surface area (Å²) in [6.45, 7) is 3.56. The summed E-state index contributed by atoms with van der Waals surface area (Å²) in [4.78, 5) is 24.0. The molecule has 5 nitrogen and oxygen atoms in total. The molecule has 0 bridgehead atoms. The van der Waals surface area contributed by atoms with Gasteiger partial charge >= 0.3 is 5.97 Å². The first-order valence-electron chi connectivity index (χ1n) is 5.72. The maximum atomic E-state index is 11.9. The lowest BCUT2D eigenvalue weighted by Crippen LogP contribution is -2.37. The quantitative estimate of drug-likeness (QED) is 0.733. The van der Waals surface area contributed by atoms with Crippen LogP contribution in [-0.2, 0) is 9.59 Å². The zero-order valence-corrected chi connectivity index (χ0v) is 12.9. The second-order valence-electron chi connectivity index (χ2n) is 4.02. The minimum Gasteiger partial charge on any atom is -0.480 e. The van der Waals surface area contributed by atoms with E-state index in [-0.39, 0.29) is 19.0 Å². The Morgan fingerprint density at radius 2 is 2.15 bits per heavy atom. The average molecular weight is 362 g/mol. The van der Waals surface area contributed by atoms with Gasteiger partial charge in [-0.1, -0.05) is 33.6 Å². The van der Waals surface area contributed by atoms with Crippen molar-refractivity contribution in [3.8, 4) is 0 Å². The molecule has 0 unspecified atom stereocenters. The molecule has 1 aromatic rings. The highest BCUT2D eigenvalue weighted by atomic mass is 79.9. The molecule has 1 amide bonds. The van der Waals surface area contributed by atoms with E-state index in [1.165, 1.54) is 4.90 Å². The molecule has 0 aliphatic carbocycles. The molecule has 1 aromatic carbocycles. The monoisotopic (exact) mass is 360 g/mol. The number of nitrogens with one attached hydrogen (secondary N) is 1. The lowest BCUT2D eigenvalue weighted by atomic mass is 10.3. The molecule has 0 aromatic heterocycles. The summed E-state index contributed by atoms with van der Waals surface area (Å²) in [5, 5.41) is 11.8. The van der Waals surface area contributed by atoms with Crippen molar-refractivity contribution >= 4 is 45.1 Å². The molecule has 108 valence electrons. The van der Waals surface area contributed by atoms with E-state index < -0.39 is 5.97 Å². The Bertz CT molecular complexity index is 522. The number of aliphatic carboxylic acids is 1. The van der Waals surface area contributed by atoms with Crippen molar-refractivity contribution in [1.29, 1.82) is 0 Å². The zero-order chi connectivity index (χ0) is 15.1. The van der Waals surface area contributed by atoms with Crippen LogP contribution in [0.25, 0.3) is 0 Å². The molecule has 0 radical (unpaired) electrons. The average Bonchev–Trinajstić information content (AvgIpc) is 2.32. The van der Waals surface area contributed by atoms with Crippen LogP contribution in [-0.4, -0.2) is 41.5 Å². The Kier molecular flexibility index (Phi) is 6.70. The van der Waals surface area contributed by atoms with E-state index in [9.17, 15) is 9.59 Å². The van der Waals surface area contributed by atoms with Crippen LogP contribution in [0.1, 0.15) is 0 Å². The Morgan fingerprint density at radius 1 is 1.45 bits per heavy atom. The third-order valence-electron chi connectivity index (χ3n) is 2.32. The number of carboxylic acid groups (broad SMARTS) is 1. The van der Waals surface area contributed by atoms with Crippen LogP contribution >= 0.6 is 27.5 Å². The van der Waals surface area contributed by atoms with E-state index in [0.717, 1.165) is 4.47 Å². The number of nitrogens with zero attached hydrogens (tertiary/aromatic N) is 1. The van der Waals surface area contributed by atoms with Gasteiger partial charge in [0.1, 0.15) is 0 Å². The predicted octanol–water partition coefficient (Wildman–Crippen LogP) is 2.61. The van der Waals surface area contributed by atoms with Crippen molar-refractivity contribution in [1.82, 2.24) is 4.90 Å². The van der Waals surface area contributed by atoms with Crippen LogP contribution in [0.3, 0.4) is 0 Å². The minimum absolute atomic E-state index is 0.0509. The van der Waals surface area contributed by atoms with Gasteiger partial charge in [0.05, 0.1) is 23.8 Å². The molecule has 0 heterocycles. The highest BCUT2D eigenvalue weighted by molar-refractivity contribution is 9.10. The number of anilines is 1. The van der Waals surface area contributed by atoms with Crippen molar-refractivity contribution in [2.75, 3.05) is 25.0 Å². The van der Waals surface area contributed by atoms with Gasteiger partial charge in [-0.25, -0.2) is 0 Å². The van der Waals surface area contributed by atoms with E-state index in [0.29, 0.717) is 17.3 Å². The van der Waals surface area contributed by atoms with Gasteiger partial charge in [0.25, 0.3) is 0 Å². The van der Waals surface area contributed by atoms with Crippen LogP contribution < -0.4 is 5.32 Å². The van der Waals surface area contributed by atoms with Crippen LogP contribution in [0.5, 0.6) is 0 Å². The number of hydrogen-bond donors (Lipinski definition) is 2. The fourth-order valence-corrected chi connectivity index (χ4v) is 2.26. The second-order valence-corrected chi connectivity index (χ2v) is 5.35. The summed E-state index contributed by atoms with van der Waals surface area (Å²) in [5.74, 6) is -1.33. The van der Waals surface area contributed by atoms with E-state index in [1.54, 1.807) is 24.3 Å². The first kappa shape index (κ1) is 16.7. The number of halogens is 2. The third kappa shape index (κ3) is 5.73. The molecule has 1 rings (SSSR count). The standard InChI is InChI=1S/C13H14BrClN2O3/c1-2-5-17(8-13(19)20)7-12(18)16-11-4-3-9(14)6-10(11)15/h2-4,6H,1,5,7-8H2,(H,16,18)(H,19,20). The number of carbonyl (C=O) groups is 2. The van der Waals surface area contributed by atoms with Crippen molar-refractivity contribution in [2.24, 2.45) is 0 Å². The molecule has 2 N–H and O–H groups in total. The molecular formula is C13H14BrClN2O3. The predicted molar refractivity (Wildman–Crippen MR) is 82.1 cm³/mol. The highest BCUT2D eigenvalue weighted by Crippen LogP contribution is 2.25. The van der Waals surface area contributed by atoms with Crippen LogP contribution in [0.4, 0.5) is 5.69 Å². The van der Waals surface area contributed by atoms with Gasteiger partial charge in [0, 0.05) is 11.0 Å². The number of hydrogen-bond acceptors (Lipinski definition) is 3. The molecule has 0 spiro atoms. The molecule has 0 saturated carbocycles. The Morgan fingerprint density at radius 3 is 2.70 bits per heavy atom. The number of benzene rings is 1. The molecule has 0 atom stereocenters. The second kappa shape index (κ2) is 8.04. The van der Waals surface area contributed by atoms with Crippen molar-refractivity contribution in [3.63, 3.8) is 0 Å². The molecule has 7 heteroatoms. The van der Waals surface area contributed by atoms with Gasteiger partial charge in [-0.2, -0.15) is 0 Å². The van der Waals surface area contributed by atoms with Crippen molar-refractivity contribution < 1.29 is 14.7 Å². The minimum atomic E-state index is -0.999. The van der Waals surface area contributed by atoms with E-state index in [2.05, 4.69) is 27.8 Å². The Hall–Kier alpha value is -1.37. The van der Waals surface area contributed by atoms with Gasteiger partial charge in [0.2, 0.25) is 5.91 Å². The van der Waals surface area contributed by atoms with Crippen LogP contribution in [0.2, 0.25) is 5.02 Å². The molecular weight excluding hydrogens is 348 g/mol. The molecule has 0 saturated heterocycles. The summed E-state index contributed by atoms with van der Waals surface area (Å²) in [6, 6.07) is 5.08. The first-order valence-corrected chi connectivity index (χ1v) is 6.89. The number of rotatable bonds is 7. The zero-order valence-electron chi connectivity index (χ0n) is 10.6. The summed E-state index contributed by atoms with van der Waals surface area (Å²) in [6.07, 6.45) is 1.54. The summed E-state index contributed by atoms with van der Waals surface area (Å²) in [7, 11) is 0. The lowest BCUT2D eigenvalue weighted by Gasteiger charge is -2.18. The van der Waals surface area contributed by atoms with Gasteiger partial charge in [-0.3, -0.25) is 14.5 Å². The molecule has 0 aliphatic heterocycles. The SMILES string of the molecule is C=CCN(CC(=O)O)CC(=O)Nc1ccc(Br)cc1Cl. The van der Waals surface area contributed by atoms with E-state index in [1.807, 2.05) is 0 Å². The lowest BCUT2D eigenvalue weighted by molar-refractivity contribution is -0.138. The van der Waals surface area contributed by atoms with Gasteiger partial charge in [0.15, 0.2) is 0 Å². The van der Waals surface area contributed by atoms with E-state index >= 15 is 0 Å². The molecule has 20 heavy (non-hydrogen) atoms. The topological polar surface area (TPSA) is 69.6 Å². The van der Waals surface area contributed by atoms with Crippen molar-refractivity contribution in [3.05, 3.63) is 40.3 Å². The van der Waals surface area contributed by atoms with Gasteiger partial charge < -0.3 is 10.4 Å². The fraction of sp³-hybridized carbons (Fsp3) is 0.231. The van der Waals surface area contributed by atoms with Crippen LogP contribution in [0.15, 0.2) is 35.3 Å². The highest BCUT2D eigenvalue weighted by Gasteiger charge is 2.13. The first-order chi connectivity index (χ1) is 9.42. The third-order valence-corrected chi connectivity index (χ3v) is 3.12. The number of amides is 1. The summed E-state index contributed by atoms with van der Waals surface area (Å²) < 4.78 is 0.805. The number of carboxylic acids is 1. The maximum absolute atomic E-state index is 11.9. The Labute approximate surface area is 130 Å². The molecule has 0 fully saturated rings. The number of carbonyl (C=O) groups excluding carboxylic acids is 1. The fourth-order valence-electron chi connectivity index (χ4n) is 1.54.